The summed E-state index contributed by atoms with van der Waals surface area (Å²) in [5, 5.41) is 1.44. The Balaban J connectivity index is 1.79. The molecule has 146 valence electrons. The van der Waals surface area contributed by atoms with Gasteiger partial charge in [-0.3, -0.25) is 4.79 Å². The fourth-order valence-electron chi connectivity index (χ4n) is 4.40. The van der Waals surface area contributed by atoms with Crippen molar-refractivity contribution in [2.75, 3.05) is 31.6 Å². The molecule has 4 heterocycles. The van der Waals surface area contributed by atoms with E-state index >= 15 is 0 Å². The molecule has 0 amide bonds. The molecule has 1 atom stereocenters. The molecule has 3 aromatic rings. The molecule has 28 heavy (non-hydrogen) atoms. The number of nitrogens with zero attached hydrogens (tertiary/aromatic N) is 3. The van der Waals surface area contributed by atoms with E-state index < -0.39 is 0 Å². The molecule has 0 saturated carbocycles. The number of piperidine rings is 1. The van der Waals surface area contributed by atoms with Crippen LogP contribution in [0.5, 0.6) is 0 Å². The lowest BCUT2D eigenvalue weighted by Gasteiger charge is -2.29. The van der Waals surface area contributed by atoms with E-state index in [-0.39, 0.29) is 5.56 Å². The summed E-state index contributed by atoms with van der Waals surface area (Å²) in [4.78, 5) is 24.8. The molecule has 2 aromatic heterocycles. The average Bonchev–Trinajstić information content (AvgIpc) is 3.06. The average molecular weight is 416 g/mol. The summed E-state index contributed by atoms with van der Waals surface area (Å²) < 4.78 is 1.79. The van der Waals surface area contributed by atoms with Crippen molar-refractivity contribution in [1.82, 2.24) is 9.55 Å². The van der Waals surface area contributed by atoms with Crippen LogP contribution < -0.4 is 15.4 Å². The number of thiophene rings is 1. The quantitative estimate of drug-likeness (QED) is 0.699. The van der Waals surface area contributed by atoms with Crippen molar-refractivity contribution in [1.29, 1.82) is 0 Å². The molecule has 0 aliphatic carbocycles. The molecule has 1 unspecified atom stereocenters. The molecule has 2 aliphatic rings. The highest BCUT2D eigenvalue weighted by molar-refractivity contribution is 7.18. The molecule has 5 rings (SSSR count). The first-order chi connectivity index (χ1) is 13.6. The van der Waals surface area contributed by atoms with E-state index in [2.05, 4.69) is 11.9 Å². The number of nitrogens with one attached hydrogen (secondary N) is 1. The van der Waals surface area contributed by atoms with Gasteiger partial charge in [0.15, 0.2) is 0 Å². The number of quaternary nitrogens is 1. The van der Waals surface area contributed by atoms with Crippen LogP contribution in [0.15, 0.2) is 29.1 Å². The minimum absolute atomic E-state index is 0.0462. The Kier molecular flexibility index (Phi) is 4.65. The number of hydrogen-bond donors (Lipinski definition) is 1. The maximum atomic E-state index is 13.8. The molecule has 7 heteroatoms. The van der Waals surface area contributed by atoms with E-state index in [1.807, 2.05) is 24.3 Å². The van der Waals surface area contributed by atoms with Crippen LogP contribution in [0.3, 0.4) is 0 Å². The lowest BCUT2D eigenvalue weighted by atomic mass is 10.1. The number of anilines is 1. The van der Waals surface area contributed by atoms with Gasteiger partial charge in [-0.1, -0.05) is 17.7 Å². The molecule has 0 bridgehead atoms. The van der Waals surface area contributed by atoms with Crippen molar-refractivity contribution in [2.45, 2.75) is 32.2 Å². The number of fused-ring (bicyclic) bond motifs is 3. The summed E-state index contributed by atoms with van der Waals surface area (Å²) in [6.07, 6.45) is 4.45. The standard InChI is InChI=1S/C21H23ClN4OS/c1-24-11-8-16-17(13-24)28-19-18(16)20(27)26(15-7-5-6-14(22)12-15)21(23-19)25-9-3-2-4-10-25/h5-7,12H,2-4,8-11,13H2,1H3/p+1. The Hall–Kier alpha value is -1.89. The maximum absolute atomic E-state index is 13.8. The lowest BCUT2D eigenvalue weighted by Crippen LogP contribution is -3.08. The highest BCUT2D eigenvalue weighted by Crippen LogP contribution is 2.32. The number of likely N-dealkylation sites (N-methyl/N-ethyl adjacent to an activating group) is 1. The molecular weight excluding hydrogens is 392 g/mol. The van der Waals surface area contributed by atoms with E-state index in [4.69, 9.17) is 16.6 Å². The first-order valence-electron chi connectivity index (χ1n) is 10.0. The second-order valence-corrected chi connectivity index (χ2v) is 9.42. The number of benzene rings is 1. The van der Waals surface area contributed by atoms with E-state index in [0.29, 0.717) is 5.02 Å². The molecule has 1 aromatic carbocycles. The van der Waals surface area contributed by atoms with Gasteiger partial charge >= 0.3 is 0 Å². The van der Waals surface area contributed by atoms with E-state index in [1.54, 1.807) is 15.9 Å². The van der Waals surface area contributed by atoms with Gasteiger partial charge in [0.2, 0.25) is 5.95 Å². The van der Waals surface area contributed by atoms with Crippen LogP contribution in [0.25, 0.3) is 15.9 Å². The smallest absolute Gasteiger partial charge is 0.268 e. The van der Waals surface area contributed by atoms with Crippen LogP contribution >= 0.6 is 22.9 Å². The predicted octanol–water partition coefficient (Wildman–Crippen LogP) is 2.66. The van der Waals surface area contributed by atoms with Gasteiger partial charge in [-0.25, -0.2) is 9.55 Å². The zero-order valence-electron chi connectivity index (χ0n) is 16.0. The second-order valence-electron chi connectivity index (χ2n) is 7.90. The summed E-state index contributed by atoms with van der Waals surface area (Å²) in [5.41, 5.74) is 2.06. The van der Waals surface area contributed by atoms with Crippen molar-refractivity contribution >= 4 is 39.1 Å². The molecule has 1 fully saturated rings. The Labute approximate surface area is 173 Å². The Morgan fingerprint density at radius 1 is 1.21 bits per heavy atom. The highest BCUT2D eigenvalue weighted by atomic mass is 35.5. The summed E-state index contributed by atoms with van der Waals surface area (Å²) in [6, 6.07) is 7.55. The minimum atomic E-state index is 0.0462. The Morgan fingerprint density at radius 3 is 2.82 bits per heavy atom. The fourth-order valence-corrected chi connectivity index (χ4v) is 5.91. The van der Waals surface area contributed by atoms with Crippen LogP contribution in [0.4, 0.5) is 5.95 Å². The lowest BCUT2D eigenvalue weighted by molar-refractivity contribution is -0.895. The summed E-state index contributed by atoms with van der Waals surface area (Å²) >= 11 is 7.97. The van der Waals surface area contributed by atoms with E-state index in [9.17, 15) is 4.79 Å². The molecule has 0 spiro atoms. The third kappa shape index (κ3) is 3.04. The van der Waals surface area contributed by atoms with Crippen LogP contribution in [-0.2, 0) is 13.0 Å². The van der Waals surface area contributed by atoms with Crippen molar-refractivity contribution in [3.63, 3.8) is 0 Å². The van der Waals surface area contributed by atoms with Gasteiger partial charge < -0.3 is 9.80 Å². The van der Waals surface area contributed by atoms with Crippen LogP contribution in [0, 0.1) is 0 Å². The van der Waals surface area contributed by atoms with Gasteiger partial charge in [0.25, 0.3) is 5.56 Å². The van der Waals surface area contributed by atoms with Gasteiger partial charge in [0.05, 0.1) is 29.5 Å². The van der Waals surface area contributed by atoms with Crippen molar-refractivity contribution < 1.29 is 4.90 Å². The Bertz CT molecular complexity index is 1100. The van der Waals surface area contributed by atoms with Gasteiger partial charge in [-0.2, -0.15) is 0 Å². The summed E-state index contributed by atoms with van der Waals surface area (Å²) in [6.45, 7) is 3.92. The molecular formula is C21H24ClN4OS+. The number of rotatable bonds is 2. The zero-order valence-corrected chi connectivity index (χ0v) is 17.6. The van der Waals surface area contributed by atoms with Crippen LogP contribution in [0.1, 0.15) is 29.7 Å². The third-order valence-electron chi connectivity index (χ3n) is 5.86. The minimum Gasteiger partial charge on any atom is -0.342 e. The van der Waals surface area contributed by atoms with Gasteiger partial charge in [-0.05, 0) is 43.0 Å². The number of halogens is 1. The third-order valence-corrected chi connectivity index (χ3v) is 7.22. The summed E-state index contributed by atoms with van der Waals surface area (Å²) in [7, 11) is 2.21. The molecule has 5 nitrogen and oxygen atoms in total. The van der Waals surface area contributed by atoms with E-state index in [1.165, 1.54) is 21.8 Å². The first kappa shape index (κ1) is 18.2. The molecule has 1 N–H and O–H groups in total. The first-order valence-corrected chi connectivity index (χ1v) is 11.2. The summed E-state index contributed by atoms with van der Waals surface area (Å²) in [5.74, 6) is 0.763. The predicted molar refractivity (Wildman–Crippen MR) is 115 cm³/mol. The second kappa shape index (κ2) is 7.17. The highest BCUT2D eigenvalue weighted by Gasteiger charge is 2.27. The molecule has 2 aliphatic heterocycles. The van der Waals surface area contributed by atoms with E-state index in [0.717, 1.165) is 67.3 Å². The van der Waals surface area contributed by atoms with Gasteiger partial charge in [0.1, 0.15) is 11.4 Å². The monoisotopic (exact) mass is 415 g/mol. The van der Waals surface area contributed by atoms with Crippen molar-refractivity contribution in [3.8, 4) is 5.69 Å². The fraction of sp³-hybridized carbons (Fsp3) is 0.429. The van der Waals surface area contributed by atoms with Gasteiger partial charge in [-0.15, -0.1) is 11.3 Å². The van der Waals surface area contributed by atoms with Crippen LogP contribution in [0.2, 0.25) is 5.02 Å². The van der Waals surface area contributed by atoms with Crippen molar-refractivity contribution in [2.24, 2.45) is 0 Å². The van der Waals surface area contributed by atoms with Crippen molar-refractivity contribution in [3.05, 3.63) is 50.1 Å². The normalized spacial score (nSPS) is 19.8. The molecule has 1 saturated heterocycles. The SMILES string of the molecule is C[NH+]1CCc2c(sc3nc(N4CCCCC4)n(-c4cccc(Cl)c4)c(=O)c23)C1. The molecule has 0 radical (unpaired) electrons. The number of hydrogen-bond acceptors (Lipinski definition) is 4. The number of aromatic nitrogens is 2. The van der Waals surface area contributed by atoms with Crippen LogP contribution in [-0.4, -0.2) is 36.2 Å². The van der Waals surface area contributed by atoms with Gasteiger partial charge in [0, 0.05) is 24.5 Å². The Morgan fingerprint density at radius 2 is 2.04 bits per heavy atom. The zero-order chi connectivity index (χ0) is 19.3. The topological polar surface area (TPSA) is 42.6 Å². The largest absolute Gasteiger partial charge is 0.342 e. The maximum Gasteiger partial charge on any atom is 0.268 e.